The highest BCUT2D eigenvalue weighted by molar-refractivity contribution is 5.71. The van der Waals surface area contributed by atoms with Crippen LogP contribution in [0, 0.1) is 5.92 Å². The third kappa shape index (κ3) is 4.79. The normalized spacial score (nSPS) is 13.2. The first-order chi connectivity index (χ1) is 5.07. The first-order valence-electron chi connectivity index (χ1n) is 3.88. The van der Waals surface area contributed by atoms with Gasteiger partial charge >= 0.3 is 5.97 Å². The predicted molar refractivity (Wildman–Crippen MR) is 44.3 cm³/mol. The van der Waals surface area contributed by atoms with Gasteiger partial charge in [-0.15, -0.1) is 0 Å². The molecular weight excluding hydrogens is 142 g/mol. The molecular formula is C8H17NO2. The molecule has 0 aromatic rings. The van der Waals surface area contributed by atoms with Gasteiger partial charge in [0, 0.05) is 6.04 Å². The Morgan fingerprint density at radius 1 is 1.45 bits per heavy atom. The van der Waals surface area contributed by atoms with E-state index in [1.807, 2.05) is 6.92 Å². The molecule has 0 saturated heterocycles. The van der Waals surface area contributed by atoms with Crippen LogP contribution >= 0.6 is 0 Å². The van der Waals surface area contributed by atoms with E-state index in [0.717, 1.165) is 0 Å². The number of esters is 1. The van der Waals surface area contributed by atoms with Crippen molar-refractivity contribution in [1.29, 1.82) is 0 Å². The Morgan fingerprint density at radius 2 is 2.00 bits per heavy atom. The lowest BCUT2D eigenvalue weighted by Gasteiger charge is -2.15. The van der Waals surface area contributed by atoms with E-state index in [0.29, 0.717) is 18.5 Å². The quantitative estimate of drug-likeness (QED) is 0.616. The number of methoxy groups -OCH3 is 1. The molecule has 0 aromatic heterocycles. The molecule has 66 valence electrons. The standard InChI is InChI=1S/C8H17NO2/c1-6(2)7(3)9-5-8(10)11-4/h6-7,9H,5H2,1-4H3. The first kappa shape index (κ1) is 10.4. The molecule has 0 fully saturated rings. The fraction of sp³-hybridized carbons (Fsp3) is 0.875. The minimum absolute atomic E-state index is 0.211. The Balaban J connectivity index is 3.45. The largest absolute Gasteiger partial charge is 0.468 e. The first-order valence-corrected chi connectivity index (χ1v) is 3.88. The SMILES string of the molecule is COC(=O)CNC(C)C(C)C. The molecule has 1 atom stereocenters. The maximum Gasteiger partial charge on any atom is 0.319 e. The van der Waals surface area contributed by atoms with E-state index in [1.54, 1.807) is 0 Å². The van der Waals surface area contributed by atoms with Crippen LogP contribution in [0.15, 0.2) is 0 Å². The molecule has 0 aliphatic rings. The summed E-state index contributed by atoms with van der Waals surface area (Å²) in [6.45, 7) is 6.56. The number of carbonyl (C=O) groups is 1. The summed E-state index contributed by atoms with van der Waals surface area (Å²) in [6, 6.07) is 0.356. The number of hydrogen-bond donors (Lipinski definition) is 1. The lowest BCUT2D eigenvalue weighted by atomic mass is 10.1. The summed E-state index contributed by atoms with van der Waals surface area (Å²) in [5.41, 5.74) is 0. The number of ether oxygens (including phenoxy) is 1. The summed E-state index contributed by atoms with van der Waals surface area (Å²) < 4.78 is 4.48. The monoisotopic (exact) mass is 159 g/mol. The molecule has 0 saturated carbocycles. The molecule has 1 unspecified atom stereocenters. The summed E-state index contributed by atoms with van der Waals surface area (Å²) in [5.74, 6) is 0.331. The number of nitrogens with one attached hydrogen (secondary N) is 1. The highest BCUT2D eigenvalue weighted by Gasteiger charge is 2.07. The maximum absolute atomic E-state index is 10.7. The predicted octanol–water partition coefficient (Wildman–Crippen LogP) is 0.793. The molecule has 0 radical (unpaired) electrons. The molecule has 0 spiro atoms. The molecule has 0 aliphatic heterocycles. The lowest BCUT2D eigenvalue weighted by Crippen LogP contribution is -2.35. The topological polar surface area (TPSA) is 38.3 Å². The number of carbonyl (C=O) groups excluding carboxylic acids is 1. The van der Waals surface area contributed by atoms with Crippen molar-refractivity contribution < 1.29 is 9.53 Å². The average molecular weight is 159 g/mol. The number of hydrogen-bond acceptors (Lipinski definition) is 3. The maximum atomic E-state index is 10.7. The fourth-order valence-corrected chi connectivity index (χ4v) is 0.552. The van der Waals surface area contributed by atoms with Gasteiger partial charge in [0.05, 0.1) is 13.7 Å². The highest BCUT2D eigenvalue weighted by atomic mass is 16.5. The highest BCUT2D eigenvalue weighted by Crippen LogP contribution is 1.98. The molecule has 3 heteroatoms. The Kier molecular flexibility index (Phi) is 4.86. The van der Waals surface area contributed by atoms with E-state index in [1.165, 1.54) is 7.11 Å². The minimum atomic E-state index is -0.211. The summed E-state index contributed by atoms with van der Waals surface area (Å²) in [7, 11) is 1.39. The minimum Gasteiger partial charge on any atom is -0.468 e. The summed E-state index contributed by atoms with van der Waals surface area (Å²) >= 11 is 0. The average Bonchev–Trinajstić information content (AvgIpc) is 1.99. The number of rotatable bonds is 4. The van der Waals surface area contributed by atoms with Gasteiger partial charge in [0.1, 0.15) is 0 Å². The van der Waals surface area contributed by atoms with Gasteiger partial charge in [-0.05, 0) is 12.8 Å². The van der Waals surface area contributed by atoms with Gasteiger partial charge in [-0.3, -0.25) is 4.79 Å². The van der Waals surface area contributed by atoms with Crippen LogP contribution in [0.2, 0.25) is 0 Å². The fourth-order valence-electron chi connectivity index (χ4n) is 0.552. The van der Waals surface area contributed by atoms with E-state index < -0.39 is 0 Å². The van der Waals surface area contributed by atoms with Gasteiger partial charge in [-0.25, -0.2) is 0 Å². The Morgan fingerprint density at radius 3 is 2.36 bits per heavy atom. The summed E-state index contributed by atoms with van der Waals surface area (Å²) in [6.07, 6.45) is 0. The Hall–Kier alpha value is -0.570. The van der Waals surface area contributed by atoms with E-state index in [9.17, 15) is 4.79 Å². The van der Waals surface area contributed by atoms with Crippen LogP contribution in [0.4, 0.5) is 0 Å². The van der Waals surface area contributed by atoms with Crippen LogP contribution in [-0.2, 0) is 9.53 Å². The third-order valence-electron chi connectivity index (χ3n) is 1.80. The van der Waals surface area contributed by atoms with Crippen molar-refractivity contribution in [1.82, 2.24) is 5.32 Å². The van der Waals surface area contributed by atoms with Crippen molar-refractivity contribution >= 4 is 5.97 Å². The van der Waals surface area contributed by atoms with E-state index in [2.05, 4.69) is 23.9 Å². The van der Waals surface area contributed by atoms with E-state index >= 15 is 0 Å². The zero-order valence-corrected chi connectivity index (χ0v) is 7.68. The van der Waals surface area contributed by atoms with Crippen LogP contribution in [0.3, 0.4) is 0 Å². The molecule has 0 bridgehead atoms. The molecule has 3 nitrogen and oxygen atoms in total. The van der Waals surface area contributed by atoms with Gasteiger partial charge < -0.3 is 10.1 Å². The smallest absolute Gasteiger partial charge is 0.319 e. The van der Waals surface area contributed by atoms with Crippen molar-refractivity contribution in [3.8, 4) is 0 Å². The molecule has 0 amide bonds. The van der Waals surface area contributed by atoms with Gasteiger partial charge in [0.15, 0.2) is 0 Å². The van der Waals surface area contributed by atoms with Crippen LogP contribution in [-0.4, -0.2) is 25.7 Å². The Bertz CT molecular complexity index is 123. The summed E-state index contributed by atoms with van der Waals surface area (Å²) in [5, 5.41) is 3.06. The molecule has 0 aromatic carbocycles. The van der Waals surface area contributed by atoms with Crippen molar-refractivity contribution in [3.63, 3.8) is 0 Å². The molecule has 0 rings (SSSR count). The van der Waals surface area contributed by atoms with Crippen molar-refractivity contribution in [3.05, 3.63) is 0 Å². The van der Waals surface area contributed by atoms with E-state index in [-0.39, 0.29) is 5.97 Å². The lowest BCUT2D eigenvalue weighted by molar-refractivity contribution is -0.139. The molecule has 1 N–H and O–H groups in total. The van der Waals surface area contributed by atoms with E-state index in [4.69, 9.17) is 0 Å². The summed E-state index contributed by atoms with van der Waals surface area (Å²) in [4.78, 5) is 10.7. The van der Waals surface area contributed by atoms with Gasteiger partial charge in [0.2, 0.25) is 0 Å². The Labute approximate surface area is 68.1 Å². The van der Waals surface area contributed by atoms with Crippen molar-refractivity contribution in [2.45, 2.75) is 26.8 Å². The third-order valence-corrected chi connectivity index (χ3v) is 1.80. The second kappa shape index (κ2) is 5.13. The van der Waals surface area contributed by atoms with Crippen LogP contribution in [0.25, 0.3) is 0 Å². The molecule has 0 aliphatic carbocycles. The second-order valence-electron chi connectivity index (χ2n) is 2.99. The molecule has 0 heterocycles. The van der Waals surface area contributed by atoms with Gasteiger partial charge in [-0.2, -0.15) is 0 Å². The molecule has 11 heavy (non-hydrogen) atoms. The zero-order valence-electron chi connectivity index (χ0n) is 7.68. The van der Waals surface area contributed by atoms with Crippen molar-refractivity contribution in [2.24, 2.45) is 5.92 Å². The zero-order chi connectivity index (χ0) is 8.85. The van der Waals surface area contributed by atoms with Gasteiger partial charge in [-0.1, -0.05) is 13.8 Å². The van der Waals surface area contributed by atoms with Crippen LogP contribution in [0.5, 0.6) is 0 Å². The van der Waals surface area contributed by atoms with Crippen LogP contribution in [0.1, 0.15) is 20.8 Å². The van der Waals surface area contributed by atoms with Crippen molar-refractivity contribution in [2.75, 3.05) is 13.7 Å². The van der Waals surface area contributed by atoms with Crippen LogP contribution < -0.4 is 5.32 Å². The second-order valence-corrected chi connectivity index (χ2v) is 2.99. The van der Waals surface area contributed by atoms with Gasteiger partial charge in [0.25, 0.3) is 0 Å².